The topological polar surface area (TPSA) is 92.1 Å². The Morgan fingerprint density at radius 3 is 2.17 bits per heavy atom. The maximum Gasteiger partial charge on any atom is 0.287 e. The maximum atomic E-state index is 13.0. The molecule has 1 aliphatic heterocycles. The van der Waals surface area contributed by atoms with Gasteiger partial charge in [-0.25, -0.2) is 0 Å². The van der Waals surface area contributed by atoms with E-state index < -0.39 is 11.9 Å². The Morgan fingerprint density at radius 1 is 1.00 bits per heavy atom. The molecule has 1 aromatic heterocycles. The van der Waals surface area contributed by atoms with Gasteiger partial charge in [-0.3, -0.25) is 14.4 Å². The molecule has 1 atom stereocenters. The van der Waals surface area contributed by atoms with Crippen LogP contribution in [-0.4, -0.2) is 66.9 Å². The summed E-state index contributed by atoms with van der Waals surface area (Å²) < 4.78 is 10.2. The normalized spacial score (nSPS) is 15.1. The number of piperazine rings is 1. The third-order valence-electron chi connectivity index (χ3n) is 5.18. The van der Waals surface area contributed by atoms with Gasteiger partial charge in [0, 0.05) is 31.7 Å². The molecule has 1 aliphatic rings. The zero-order valence-electron chi connectivity index (χ0n) is 17.5. The van der Waals surface area contributed by atoms with Crippen molar-refractivity contribution in [1.29, 1.82) is 0 Å². The average Bonchev–Trinajstić information content (AvgIpc) is 3.31. The Labute approximate surface area is 175 Å². The second-order valence-corrected chi connectivity index (χ2v) is 7.52. The zero-order valence-corrected chi connectivity index (χ0v) is 17.5. The minimum atomic E-state index is -0.661. The summed E-state index contributed by atoms with van der Waals surface area (Å²) in [6.45, 7) is 5.48. The summed E-state index contributed by atoms with van der Waals surface area (Å²) in [5, 5.41) is 2.77. The van der Waals surface area contributed by atoms with Crippen LogP contribution in [0, 0.1) is 5.92 Å². The van der Waals surface area contributed by atoms with E-state index >= 15 is 0 Å². The lowest BCUT2D eigenvalue weighted by molar-refractivity contribution is -0.135. The smallest absolute Gasteiger partial charge is 0.287 e. The lowest BCUT2D eigenvalue weighted by Crippen LogP contribution is -2.57. The first kappa shape index (κ1) is 21.4. The number of carbonyl (C=O) groups is 3. The van der Waals surface area contributed by atoms with Gasteiger partial charge in [0.1, 0.15) is 11.8 Å². The van der Waals surface area contributed by atoms with Crippen molar-refractivity contribution >= 4 is 17.7 Å². The summed E-state index contributed by atoms with van der Waals surface area (Å²) in [4.78, 5) is 41.5. The molecule has 0 aliphatic carbocycles. The predicted molar refractivity (Wildman–Crippen MR) is 110 cm³/mol. The van der Waals surface area contributed by atoms with Crippen molar-refractivity contribution in [2.45, 2.75) is 19.9 Å². The number of rotatable bonds is 6. The summed E-state index contributed by atoms with van der Waals surface area (Å²) in [6.07, 6.45) is 1.42. The van der Waals surface area contributed by atoms with E-state index in [0.29, 0.717) is 37.5 Å². The molecule has 30 heavy (non-hydrogen) atoms. The molecule has 8 nitrogen and oxygen atoms in total. The minimum absolute atomic E-state index is 0.0729. The highest BCUT2D eigenvalue weighted by molar-refractivity contribution is 5.96. The number of hydrogen-bond donors (Lipinski definition) is 1. The molecule has 3 amide bonds. The SMILES string of the molecule is COc1ccc(C(=O)N2CCN(C(=O)C(NC(=O)c3ccco3)C(C)C)CC2)cc1. The first-order chi connectivity index (χ1) is 14.4. The number of furan rings is 1. The predicted octanol–water partition coefficient (Wildman–Crippen LogP) is 2.03. The van der Waals surface area contributed by atoms with E-state index in [1.54, 1.807) is 53.3 Å². The third-order valence-corrected chi connectivity index (χ3v) is 5.18. The number of nitrogens with zero attached hydrogens (tertiary/aromatic N) is 2. The molecule has 160 valence electrons. The van der Waals surface area contributed by atoms with Crippen LogP contribution in [0.4, 0.5) is 0 Å². The van der Waals surface area contributed by atoms with Crippen molar-refractivity contribution in [2.24, 2.45) is 5.92 Å². The van der Waals surface area contributed by atoms with Gasteiger partial charge in [0.25, 0.3) is 11.8 Å². The number of hydrogen-bond acceptors (Lipinski definition) is 5. The molecule has 1 aromatic carbocycles. The van der Waals surface area contributed by atoms with Gasteiger partial charge in [-0.05, 0) is 42.3 Å². The molecule has 2 heterocycles. The minimum Gasteiger partial charge on any atom is -0.497 e. The van der Waals surface area contributed by atoms with Gasteiger partial charge in [0.2, 0.25) is 5.91 Å². The van der Waals surface area contributed by atoms with E-state index in [1.165, 1.54) is 6.26 Å². The Morgan fingerprint density at radius 2 is 1.63 bits per heavy atom. The average molecular weight is 413 g/mol. The first-order valence-corrected chi connectivity index (χ1v) is 9.97. The number of ether oxygens (including phenoxy) is 1. The van der Waals surface area contributed by atoms with E-state index in [9.17, 15) is 14.4 Å². The molecule has 0 saturated carbocycles. The van der Waals surface area contributed by atoms with Crippen molar-refractivity contribution in [3.05, 3.63) is 54.0 Å². The molecule has 2 aromatic rings. The number of carbonyl (C=O) groups excluding carboxylic acids is 3. The second-order valence-electron chi connectivity index (χ2n) is 7.52. The second kappa shape index (κ2) is 9.47. The highest BCUT2D eigenvalue weighted by Crippen LogP contribution is 2.16. The van der Waals surface area contributed by atoms with Crippen molar-refractivity contribution < 1.29 is 23.5 Å². The van der Waals surface area contributed by atoms with Crippen LogP contribution in [-0.2, 0) is 4.79 Å². The molecule has 1 unspecified atom stereocenters. The quantitative estimate of drug-likeness (QED) is 0.782. The van der Waals surface area contributed by atoms with E-state index in [0.717, 1.165) is 0 Å². The fourth-order valence-corrected chi connectivity index (χ4v) is 3.38. The standard InChI is InChI=1S/C22H27N3O5/c1-15(2)19(23-20(26)18-5-4-14-30-18)22(28)25-12-10-24(11-13-25)21(27)16-6-8-17(29-3)9-7-16/h4-9,14-15,19H,10-13H2,1-3H3,(H,23,26). The largest absolute Gasteiger partial charge is 0.497 e. The number of benzene rings is 1. The summed E-state index contributed by atoms with van der Waals surface area (Å²) in [5.41, 5.74) is 0.585. The van der Waals surface area contributed by atoms with Gasteiger partial charge in [-0.15, -0.1) is 0 Å². The Bertz CT molecular complexity index is 869. The van der Waals surface area contributed by atoms with E-state index in [1.807, 2.05) is 13.8 Å². The van der Waals surface area contributed by atoms with Crippen molar-refractivity contribution in [3.63, 3.8) is 0 Å². The lowest BCUT2D eigenvalue weighted by atomic mass is 10.0. The van der Waals surface area contributed by atoms with Crippen molar-refractivity contribution in [3.8, 4) is 5.75 Å². The Kier molecular flexibility index (Phi) is 6.76. The van der Waals surface area contributed by atoms with Gasteiger partial charge in [-0.2, -0.15) is 0 Å². The molecule has 1 fully saturated rings. The summed E-state index contributed by atoms with van der Waals surface area (Å²) in [5.74, 6) is 0.134. The van der Waals surface area contributed by atoms with Gasteiger partial charge < -0.3 is 24.3 Å². The molecule has 0 bridgehead atoms. The van der Waals surface area contributed by atoms with Crippen LogP contribution in [0.3, 0.4) is 0 Å². The van der Waals surface area contributed by atoms with E-state index in [2.05, 4.69) is 5.32 Å². The fraction of sp³-hybridized carbons (Fsp3) is 0.409. The summed E-state index contributed by atoms with van der Waals surface area (Å²) in [7, 11) is 1.58. The maximum absolute atomic E-state index is 13.0. The van der Waals surface area contributed by atoms with Crippen LogP contribution in [0.15, 0.2) is 47.1 Å². The van der Waals surface area contributed by atoms with Crippen LogP contribution >= 0.6 is 0 Å². The van der Waals surface area contributed by atoms with Crippen LogP contribution in [0.1, 0.15) is 34.8 Å². The summed E-state index contributed by atoms with van der Waals surface area (Å²) >= 11 is 0. The van der Waals surface area contributed by atoms with E-state index in [4.69, 9.17) is 9.15 Å². The molecule has 8 heteroatoms. The van der Waals surface area contributed by atoms with Gasteiger partial charge >= 0.3 is 0 Å². The molecular formula is C22H27N3O5. The molecule has 0 radical (unpaired) electrons. The number of methoxy groups -OCH3 is 1. The molecule has 0 spiro atoms. The third kappa shape index (κ3) is 4.82. The monoisotopic (exact) mass is 413 g/mol. The highest BCUT2D eigenvalue weighted by Gasteiger charge is 2.32. The summed E-state index contributed by atoms with van der Waals surface area (Å²) in [6, 6.07) is 9.49. The fourth-order valence-electron chi connectivity index (χ4n) is 3.38. The number of nitrogens with one attached hydrogen (secondary N) is 1. The lowest BCUT2D eigenvalue weighted by Gasteiger charge is -2.37. The first-order valence-electron chi connectivity index (χ1n) is 9.97. The van der Waals surface area contributed by atoms with Gasteiger partial charge in [0.15, 0.2) is 5.76 Å². The van der Waals surface area contributed by atoms with Crippen LogP contribution in [0.2, 0.25) is 0 Å². The van der Waals surface area contributed by atoms with Gasteiger partial charge in [-0.1, -0.05) is 13.8 Å². The molecule has 1 saturated heterocycles. The molecule has 1 N–H and O–H groups in total. The van der Waals surface area contributed by atoms with E-state index in [-0.39, 0.29) is 23.5 Å². The van der Waals surface area contributed by atoms with Gasteiger partial charge in [0.05, 0.1) is 13.4 Å². The molecular weight excluding hydrogens is 386 g/mol. The van der Waals surface area contributed by atoms with Crippen molar-refractivity contribution in [2.75, 3.05) is 33.3 Å². The van der Waals surface area contributed by atoms with Crippen molar-refractivity contribution in [1.82, 2.24) is 15.1 Å². The van der Waals surface area contributed by atoms with Crippen LogP contribution < -0.4 is 10.1 Å². The molecule has 3 rings (SSSR count). The number of amides is 3. The zero-order chi connectivity index (χ0) is 21.7. The Hall–Kier alpha value is -3.29. The highest BCUT2D eigenvalue weighted by atomic mass is 16.5. The van der Waals surface area contributed by atoms with Crippen LogP contribution in [0.25, 0.3) is 0 Å². The Balaban J connectivity index is 1.58. The van der Waals surface area contributed by atoms with Crippen LogP contribution in [0.5, 0.6) is 5.75 Å².